The SMILES string of the molecule is COCC(C)CNc1nc(C)ccc1[N+](=O)[O-]. The summed E-state index contributed by atoms with van der Waals surface area (Å²) in [5, 5.41) is 13.8. The van der Waals surface area contributed by atoms with Crippen molar-refractivity contribution in [2.45, 2.75) is 13.8 Å². The van der Waals surface area contributed by atoms with Gasteiger partial charge in [0.1, 0.15) is 0 Å². The van der Waals surface area contributed by atoms with Gasteiger partial charge in [0.2, 0.25) is 5.82 Å². The van der Waals surface area contributed by atoms with Crippen molar-refractivity contribution in [1.29, 1.82) is 0 Å². The van der Waals surface area contributed by atoms with Crippen molar-refractivity contribution in [3.8, 4) is 0 Å². The summed E-state index contributed by atoms with van der Waals surface area (Å²) in [5.74, 6) is 0.583. The van der Waals surface area contributed by atoms with Gasteiger partial charge in [0.25, 0.3) is 0 Å². The number of pyridine rings is 1. The highest BCUT2D eigenvalue weighted by Crippen LogP contribution is 2.21. The van der Waals surface area contributed by atoms with E-state index in [4.69, 9.17) is 4.74 Å². The maximum Gasteiger partial charge on any atom is 0.311 e. The molecule has 94 valence electrons. The zero-order valence-electron chi connectivity index (χ0n) is 10.3. The minimum Gasteiger partial charge on any atom is -0.384 e. The first kappa shape index (κ1) is 13.4. The van der Waals surface area contributed by atoms with Gasteiger partial charge in [-0.05, 0) is 18.9 Å². The normalized spacial score (nSPS) is 12.2. The highest BCUT2D eigenvalue weighted by molar-refractivity contribution is 5.56. The van der Waals surface area contributed by atoms with Crippen LogP contribution in [-0.4, -0.2) is 30.2 Å². The third-order valence-electron chi connectivity index (χ3n) is 2.28. The average molecular weight is 239 g/mol. The summed E-state index contributed by atoms with van der Waals surface area (Å²) < 4.78 is 5.00. The maximum atomic E-state index is 10.8. The predicted molar refractivity (Wildman–Crippen MR) is 65.2 cm³/mol. The van der Waals surface area contributed by atoms with E-state index in [1.165, 1.54) is 6.07 Å². The van der Waals surface area contributed by atoms with Crippen molar-refractivity contribution in [2.24, 2.45) is 5.92 Å². The Hall–Kier alpha value is -1.69. The number of nitrogens with one attached hydrogen (secondary N) is 1. The molecule has 1 aromatic heterocycles. The van der Waals surface area contributed by atoms with Crippen molar-refractivity contribution in [2.75, 3.05) is 25.6 Å². The molecule has 1 aromatic rings. The van der Waals surface area contributed by atoms with Crippen molar-refractivity contribution in [3.63, 3.8) is 0 Å². The lowest BCUT2D eigenvalue weighted by Crippen LogP contribution is -2.17. The van der Waals surface area contributed by atoms with Crippen LogP contribution in [0.1, 0.15) is 12.6 Å². The number of nitrogens with zero attached hydrogens (tertiary/aromatic N) is 2. The van der Waals surface area contributed by atoms with Crippen LogP contribution >= 0.6 is 0 Å². The molecule has 0 aromatic carbocycles. The van der Waals surface area contributed by atoms with Crippen LogP contribution in [0, 0.1) is 23.0 Å². The van der Waals surface area contributed by atoms with Crippen molar-refractivity contribution in [3.05, 3.63) is 27.9 Å². The Kier molecular flexibility index (Phi) is 4.84. The third-order valence-corrected chi connectivity index (χ3v) is 2.28. The number of nitro groups is 1. The number of anilines is 1. The molecule has 0 aliphatic heterocycles. The van der Waals surface area contributed by atoms with Gasteiger partial charge in [-0.25, -0.2) is 4.98 Å². The van der Waals surface area contributed by atoms with Crippen molar-refractivity contribution in [1.82, 2.24) is 4.98 Å². The van der Waals surface area contributed by atoms with E-state index in [1.54, 1.807) is 20.1 Å². The largest absolute Gasteiger partial charge is 0.384 e. The molecule has 1 N–H and O–H groups in total. The number of aryl methyl sites for hydroxylation is 1. The Morgan fingerprint density at radius 3 is 2.88 bits per heavy atom. The molecule has 1 rings (SSSR count). The maximum absolute atomic E-state index is 10.8. The Labute approximate surface area is 100 Å². The van der Waals surface area contributed by atoms with E-state index in [0.717, 1.165) is 5.69 Å². The molecule has 0 aliphatic carbocycles. The molecule has 0 saturated heterocycles. The van der Waals surface area contributed by atoms with Crippen LogP contribution in [0.2, 0.25) is 0 Å². The fraction of sp³-hybridized carbons (Fsp3) is 0.545. The summed E-state index contributed by atoms with van der Waals surface area (Å²) in [7, 11) is 1.63. The molecule has 1 unspecified atom stereocenters. The minimum absolute atomic E-state index is 0.000201. The van der Waals surface area contributed by atoms with Gasteiger partial charge in [-0.1, -0.05) is 6.92 Å². The lowest BCUT2D eigenvalue weighted by atomic mass is 10.2. The van der Waals surface area contributed by atoms with Gasteiger partial charge < -0.3 is 10.1 Å². The Balaban J connectivity index is 2.75. The van der Waals surface area contributed by atoms with E-state index in [1.807, 2.05) is 6.92 Å². The standard InChI is InChI=1S/C11H17N3O3/c1-8(7-17-3)6-12-11-10(14(15)16)5-4-9(2)13-11/h4-5,8H,6-7H2,1-3H3,(H,12,13). The first-order valence-corrected chi connectivity index (χ1v) is 5.39. The minimum atomic E-state index is -0.435. The summed E-state index contributed by atoms with van der Waals surface area (Å²) in [6.07, 6.45) is 0. The molecule has 6 nitrogen and oxygen atoms in total. The molecule has 6 heteroatoms. The number of rotatable bonds is 6. The molecular weight excluding hydrogens is 222 g/mol. The number of aromatic nitrogens is 1. The van der Waals surface area contributed by atoms with Gasteiger partial charge in [0.15, 0.2) is 0 Å². The Morgan fingerprint density at radius 1 is 1.59 bits per heavy atom. The number of hydrogen-bond donors (Lipinski definition) is 1. The second kappa shape index (κ2) is 6.15. The molecule has 17 heavy (non-hydrogen) atoms. The molecular formula is C11H17N3O3. The van der Waals surface area contributed by atoms with Crippen LogP contribution in [0.3, 0.4) is 0 Å². The van der Waals surface area contributed by atoms with Crippen LogP contribution in [0.15, 0.2) is 12.1 Å². The lowest BCUT2D eigenvalue weighted by Gasteiger charge is -2.12. The van der Waals surface area contributed by atoms with Gasteiger partial charge >= 0.3 is 5.69 Å². The van der Waals surface area contributed by atoms with Crippen molar-refractivity contribution < 1.29 is 9.66 Å². The summed E-state index contributed by atoms with van der Waals surface area (Å²) in [6, 6.07) is 3.09. The summed E-state index contributed by atoms with van der Waals surface area (Å²) >= 11 is 0. The van der Waals surface area contributed by atoms with Gasteiger partial charge in [-0.2, -0.15) is 0 Å². The molecule has 0 bridgehead atoms. The third kappa shape index (κ3) is 3.99. The molecule has 1 heterocycles. The summed E-state index contributed by atoms with van der Waals surface area (Å²) in [5.41, 5.74) is 0.748. The first-order valence-electron chi connectivity index (χ1n) is 5.39. The van der Waals surface area contributed by atoms with E-state index in [9.17, 15) is 10.1 Å². The van der Waals surface area contributed by atoms with Gasteiger partial charge in [0, 0.05) is 25.4 Å². The Morgan fingerprint density at radius 2 is 2.29 bits per heavy atom. The summed E-state index contributed by atoms with van der Waals surface area (Å²) in [6.45, 7) is 4.99. The predicted octanol–water partition coefficient (Wildman–Crippen LogP) is 1.99. The monoisotopic (exact) mass is 239 g/mol. The average Bonchev–Trinajstić information content (AvgIpc) is 2.26. The highest BCUT2D eigenvalue weighted by Gasteiger charge is 2.15. The number of hydrogen-bond acceptors (Lipinski definition) is 5. The molecule has 0 saturated carbocycles. The first-order chi connectivity index (χ1) is 8.04. The van der Waals surface area contributed by atoms with Crippen LogP contribution in [0.4, 0.5) is 11.5 Å². The number of methoxy groups -OCH3 is 1. The van der Waals surface area contributed by atoms with E-state index < -0.39 is 4.92 Å². The van der Waals surface area contributed by atoms with Crippen LogP contribution in [0.25, 0.3) is 0 Å². The second-order valence-corrected chi connectivity index (χ2v) is 4.02. The van der Waals surface area contributed by atoms with E-state index in [-0.39, 0.29) is 11.6 Å². The molecule has 0 aliphatic rings. The topological polar surface area (TPSA) is 77.3 Å². The molecule has 0 fully saturated rings. The van der Waals surface area contributed by atoms with E-state index >= 15 is 0 Å². The van der Waals surface area contributed by atoms with Gasteiger partial charge in [-0.3, -0.25) is 10.1 Å². The fourth-order valence-corrected chi connectivity index (χ4v) is 1.44. The lowest BCUT2D eigenvalue weighted by molar-refractivity contribution is -0.384. The summed E-state index contributed by atoms with van der Waals surface area (Å²) in [4.78, 5) is 14.5. The smallest absolute Gasteiger partial charge is 0.311 e. The Bertz CT molecular complexity index is 396. The highest BCUT2D eigenvalue weighted by atomic mass is 16.6. The van der Waals surface area contributed by atoms with Crippen molar-refractivity contribution >= 4 is 11.5 Å². The zero-order chi connectivity index (χ0) is 12.8. The molecule has 0 spiro atoms. The molecule has 1 atom stereocenters. The van der Waals surface area contributed by atoms with E-state index in [2.05, 4.69) is 10.3 Å². The molecule has 0 amide bonds. The number of ether oxygens (including phenoxy) is 1. The fourth-order valence-electron chi connectivity index (χ4n) is 1.44. The van der Waals surface area contributed by atoms with Gasteiger partial charge in [0.05, 0.1) is 11.5 Å². The van der Waals surface area contributed by atoms with Crippen LogP contribution < -0.4 is 5.32 Å². The van der Waals surface area contributed by atoms with Crippen LogP contribution in [0.5, 0.6) is 0 Å². The quantitative estimate of drug-likeness (QED) is 0.606. The van der Waals surface area contributed by atoms with E-state index in [0.29, 0.717) is 19.0 Å². The zero-order valence-corrected chi connectivity index (χ0v) is 10.3. The second-order valence-electron chi connectivity index (χ2n) is 4.02. The molecule has 0 radical (unpaired) electrons. The van der Waals surface area contributed by atoms with Gasteiger partial charge in [-0.15, -0.1) is 0 Å². The van der Waals surface area contributed by atoms with Crippen LogP contribution in [-0.2, 0) is 4.74 Å².